The number of phenols is 2. The molecule has 0 saturated carbocycles. The van der Waals surface area contributed by atoms with Gasteiger partial charge in [0.1, 0.15) is 23.9 Å². The van der Waals surface area contributed by atoms with Crippen molar-refractivity contribution in [3.05, 3.63) is 54.6 Å². The molecule has 1 aliphatic rings. The number of benzene rings is 4. The molecule has 1 aliphatic heterocycles. The van der Waals surface area contributed by atoms with Crippen molar-refractivity contribution in [2.24, 2.45) is 0 Å². The first-order valence-corrected chi connectivity index (χ1v) is 12.6. The molecule has 1 aromatic heterocycles. The van der Waals surface area contributed by atoms with E-state index in [0.29, 0.717) is 54.2 Å². The molecular weight excluding hydrogens is 472 g/mol. The van der Waals surface area contributed by atoms with Gasteiger partial charge in [-0.05, 0) is 66.4 Å². The minimum atomic E-state index is -0.104. The van der Waals surface area contributed by atoms with Crippen molar-refractivity contribution in [1.29, 1.82) is 0 Å². The number of aromatic hydroxyl groups is 2. The largest absolute Gasteiger partial charge is 0.508 e. The Morgan fingerprint density at radius 1 is 0.730 bits per heavy atom. The van der Waals surface area contributed by atoms with Crippen LogP contribution < -0.4 is 4.74 Å². The van der Waals surface area contributed by atoms with Crippen molar-refractivity contribution in [2.75, 3.05) is 33.0 Å². The summed E-state index contributed by atoms with van der Waals surface area (Å²) in [5.74, 6) is 0.985. The van der Waals surface area contributed by atoms with Gasteiger partial charge in [-0.1, -0.05) is 12.1 Å². The summed E-state index contributed by atoms with van der Waals surface area (Å²) in [6.45, 7) is 2.59. The Morgan fingerprint density at radius 2 is 1.43 bits per heavy atom. The van der Waals surface area contributed by atoms with Crippen LogP contribution in [0.1, 0.15) is 19.3 Å². The van der Waals surface area contributed by atoms with E-state index in [4.69, 9.17) is 28.9 Å². The summed E-state index contributed by atoms with van der Waals surface area (Å²) in [5, 5.41) is 23.8. The van der Waals surface area contributed by atoms with E-state index < -0.39 is 0 Å². The Hall–Kier alpha value is -3.72. The molecular formula is C29H28N2O6. The maximum Gasteiger partial charge on any atom is 0.157 e. The molecule has 6 rings (SSSR count). The van der Waals surface area contributed by atoms with Gasteiger partial charge in [-0.15, -0.1) is 0 Å². The Balaban J connectivity index is 1.20. The molecule has 5 aromatic rings. The maximum atomic E-state index is 10.2. The van der Waals surface area contributed by atoms with Crippen LogP contribution in [0.2, 0.25) is 0 Å². The Morgan fingerprint density at radius 3 is 2.14 bits per heavy atom. The molecule has 0 amide bonds. The third kappa shape index (κ3) is 4.96. The fourth-order valence-electron chi connectivity index (χ4n) is 4.83. The van der Waals surface area contributed by atoms with Gasteiger partial charge in [-0.25, -0.2) is 9.97 Å². The highest BCUT2D eigenvalue weighted by molar-refractivity contribution is 6.24. The molecule has 2 heterocycles. The lowest BCUT2D eigenvalue weighted by atomic mass is 9.99. The van der Waals surface area contributed by atoms with Gasteiger partial charge in [0, 0.05) is 23.4 Å². The number of ether oxygens (including phenoxy) is 4. The van der Waals surface area contributed by atoms with E-state index in [0.717, 1.165) is 47.4 Å². The Bertz CT molecular complexity index is 1580. The fourth-order valence-corrected chi connectivity index (χ4v) is 4.83. The lowest BCUT2D eigenvalue weighted by Crippen LogP contribution is -2.24. The first kappa shape index (κ1) is 23.7. The van der Waals surface area contributed by atoms with Crippen molar-refractivity contribution < 1.29 is 29.2 Å². The second kappa shape index (κ2) is 10.3. The van der Waals surface area contributed by atoms with Crippen LogP contribution >= 0.6 is 0 Å². The minimum Gasteiger partial charge on any atom is -0.508 e. The lowest BCUT2D eigenvalue weighted by molar-refractivity contribution is -0.169. The van der Waals surface area contributed by atoms with Gasteiger partial charge in [-0.2, -0.15) is 0 Å². The fraction of sp³-hybridized carbons (Fsp3) is 0.310. The zero-order chi connectivity index (χ0) is 25.2. The molecule has 0 spiro atoms. The predicted octanol–water partition coefficient (Wildman–Crippen LogP) is 5.44. The van der Waals surface area contributed by atoms with Gasteiger partial charge in [0.05, 0.1) is 41.9 Å². The first-order valence-electron chi connectivity index (χ1n) is 12.6. The van der Waals surface area contributed by atoms with E-state index in [1.165, 1.54) is 0 Å². The third-order valence-corrected chi connectivity index (χ3v) is 6.61. The van der Waals surface area contributed by atoms with Crippen molar-refractivity contribution in [2.45, 2.75) is 25.6 Å². The number of rotatable bonds is 8. The molecule has 2 N–H and O–H groups in total. The number of fused-ring (bicyclic) bond motifs is 7. The number of aromatic nitrogens is 2. The number of hydrogen-bond acceptors (Lipinski definition) is 8. The van der Waals surface area contributed by atoms with Gasteiger partial charge in [0.2, 0.25) is 0 Å². The maximum absolute atomic E-state index is 10.2. The zero-order valence-electron chi connectivity index (χ0n) is 20.4. The molecule has 0 bridgehead atoms. The molecule has 8 nitrogen and oxygen atoms in total. The number of phenolic OH excluding ortho intramolecular Hbond substituents is 2. The van der Waals surface area contributed by atoms with Gasteiger partial charge in [0.15, 0.2) is 6.29 Å². The highest BCUT2D eigenvalue weighted by Crippen LogP contribution is 2.37. The molecule has 1 saturated heterocycles. The molecule has 190 valence electrons. The van der Waals surface area contributed by atoms with Crippen LogP contribution in [0.15, 0.2) is 54.6 Å². The molecule has 8 heteroatoms. The van der Waals surface area contributed by atoms with E-state index >= 15 is 0 Å². The summed E-state index contributed by atoms with van der Waals surface area (Å²) in [4.78, 5) is 9.78. The van der Waals surface area contributed by atoms with Crippen LogP contribution in [0.5, 0.6) is 17.2 Å². The summed E-state index contributed by atoms with van der Waals surface area (Å²) in [5.41, 5.74) is 2.71. The average Bonchev–Trinajstić information content (AvgIpc) is 2.92. The standard InChI is InChI=1S/C29H28N2O6/c32-18-4-7-21-22-8-5-19(33)16-24(22)29-28(23(21)15-18)30-25-9-6-20(17-26(25)31-29)35-13-11-34-12-14-37-27-3-1-2-10-36-27/h4-9,15-17,27,32-33H,1-3,10-14H2. The van der Waals surface area contributed by atoms with Crippen LogP contribution in [0.25, 0.3) is 43.6 Å². The van der Waals surface area contributed by atoms with Crippen molar-refractivity contribution >= 4 is 43.6 Å². The van der Waals surface area contributed by atoms with Crippen molar-refractivity contribution in [3.8, 4) is 17.2 Å². The number of nitrogens with zero attached hydrogens (tertiary/aromatic N) is 2. The van der Waals surface area contributed by atoms with E-state index in [1.54, 1.807) is 24.3 Å². The summed E-state index contributed by atoms with van der Waals surface area (Å²) in [6, 6.07) is 16.0. The molecule has 1 atom stereocenters. The molecule has 4 aromatic carbocycles. The van der Waals surface area contributed by atoms with Gasteiger partial charge >= 0.3 is 0 Å². The van der Waals surface area contributed by atoms with Crippen LogP contribution in [-0.2, 0) is 14.2 Å². The van der Waals surface area contributed by atoms with Crippen molar-refractivity contribution in [3.63, 3.8) is 0 Å². The second-order valence-electron chi connectivity index (χ2n) is 9.16. The van der Waals surface area contributed by atoms with Crippen LogP contribution in [0, 0.1) is 0 Å². The van der Waals surface area contributed by atoms with Crippen LogP contribution in [0.4, 0.5) is 0 Å². The molecule has 37 heavy (non-hydrogen) atoms. The predicted molar refractivity (Wildman–Crippen MR) is 141 cm³/mol. The topological polar surface area (TPSA) is 103 Å². The minimum absolute atomic E-state index is 0.104. The van der Waals surface area contributed by atoms with Crippen LogP contribution in [-0.4, -0.2) is 59.5 Å². The highest BCUT2D eigenvalue weighted by atomic mass is 16.7. The average molecular weight is 501 g/mol. The lowest BCUT2D eigenvalue weighted by Gasteiger charge is -2.22. The zero-order valence-corrected chi connectivity index (χ0v) is 20.4. The van der Waals surface area contributed by atoms with E-state index in [-0.39, 0.29) is 17.8 Å². The normalized spacial score (nSPS) is 16.2. The quantitative estimate of drug-likeness (QED) is 0.165. The summed E-state index contributed by atoms with van der Waals surface area (Å²) < 4.78 is 22.7. The molecule has 0 aliphatic carbocycles. The highest BCUT2D eigenvalue weighted by Gasteiger charge is 2.15. The van der Waals surface area contributed by atoms with Gasteiger partial charge in [-0.3, -0.25) is 0 Å². The molecule has 1 fully saturated rings. The third-order valence-electron chi connectivity index (χ3n) is 6.61. The van der Waals surface area contributed by atoms with Crippen molar-refractivity contribution in [1.82, 2.24) is 9.97 Å². The summed E-state index contributed by atoms with van der Waals surface area (Å²) in [6.07, 6.45) is 3.09. The first-order chi connectivity index (χ1) is 18.2. The SMILES string of the molecule is Oc1ccc2c3ccc(O)cc3c3nc4cc(OCCOCCOC5CCCCO5)ccc4nc3c2c1. The molecule has 1 unspecified atom stereocenters. The van der Waals surface area contributed by atoms with E-state index in [9.17, 15) is 10.2 Å². The second-order valence-corrected chi connectivity index (χ2v) is 9.16. The van der Waals surface area contributed by atoms with Crippen LogP contribution in [0.3, 0.4) is 0 Å². The number of hydrogen-bond donors (Lipinski definition) is 2. The smallest absolute Gasteiger partial charge is 0.157 e. The summed E-state index contributed by atoms with van der Waals surface area (Å²) >= 11 is 0. The van der Waals surface area contributed by atoms with E-state index in [2.05, 4.69) is 0 Å². The monoisotopic (exact) mass is 500 g/mol. The van der Waals surface area contributed by atoms with E-state index in [1.807, 2.05) is 30.3 Å². The summed E-state index contributed by atoms with van der Waals surface area (Å²) in [7, 11) is 0. The van der Waals surface area contributed by atoms with Gasteiger partial charge in [0.25, 0.3) is 0 Å². The Kier molecular flexibility index (Phi) is 6.61. The molecule has 0 radical (unpaired) electrons. The van der Waals surface area contributed by atoms with Gasteiger partial charge < -0.3 is 29.2 Å². The Labute approximate surface area is 213 Å².